The van der Waals surface area contributed by atoms with Gasteiger partial charge in [-0.25, -0.2) is 4.98 Å². The van der Waals surface area contributed by atoms with Crippen LogP contribution < -0.4 is 5.56 Å². The highest BCUT2D eigenvalue weighted by molar-refractivity contribution is 7.99. The fourth-order valence-electron chi connectivity index (χ4n) is 5.54. The first kappa shape index (κ1) is 20.6. The van der Waals surface area contributed by atoms with Gasteiger partial charge in [-0.1, -0.05) is 92.5 Å². The second kappa shape index (κ2) is 8.66. The summed E-state index contributed by atoms with van der Waals surface area (Å²) in [5.41, 5.74) is 5.90. The van der Waals surface area contributed by atoms with Crippen molar-refractivity contribution in [3.8, 4) is 11.3 Å². The van der Waals surface area contributed by atoms with Crippen LogP contribution in [0.15, 0.2) is 64.5 Å². The molecule has 3 aromatic rings. The van der Waals surface area contributed by atoms with E-state index in [-0.39, 0.29) is 11.0 Å². The Labute approximate surface area is 188 Å². The average molecular weight is 431 g/mol. The molecule has 0 unspecified atom stereocenters. The fourth-order valence-corrected chi connectivity index (χ4v) is 6.29. The van der Waals surface area contributed by atoms with Crippen molar-refractivity contribution in [2.45, 2.75) is 69.0 Å². The number of rotatable bonds is 5. The van der Waals surface area contributed by atoms with Crippen molar-refractivity contribution in [1.29, 1.82) is 0 Å². The van der Waals surface area contributed by atoms with Gasteiger partial charge >= 0.3 is 0 Å². The quantitative estimate of drug-likeness (QED) is 0.366. The van der Waals surface area contributed by atoms with Crippen molar-refractivity contribution in [3.05, 3.63) is 81.6 Å². The SMILES string of the molecule is CCSc1nc2c(c(=O)n1CCc1ccccc1)C1(CCCCC1)Cc1ccccc1-2. The minimum Gasteiger partial charge on any atom is -0.287 e. The van der Waals surface area contributed by atoms with Gasteiger partial charge in [0.2, 0.25) is 0 Å². The van der Waals surface area contributed by atoms with Crippen molar-refractivity contribution in [3.63, 3.8) is 0 Å². The number of hydrogen-bond donors (Lipinski definition) is 0. The van der Waals surface area contributed by atoms with Crippen LogP contribution >= 0.6 is 11.8 Å². The van der Waals surface area contributed by atoms with Gasteiger partial charge in [0.1, 0.15) is 0 Å². The zero-order valence-corrected chi connectivity index (χ0v) is 19.1. The second-order valence-electron chi connectivity index (χ2n) is 8.92. The van der Waals surface area contributed by atoms with E-state index in [1.165, 1.54) is 36.0 Å². The summed E-state index contributed by atoms with van der Waals surface area (Å²) in [6.07, 6.45) is 7.72. The molecule has 0 N–H and O–H groups in total. The van der Waals surface area contributed by atoms with Crippen molar-refractivity contribution < 1.29 is 0 Å². The van der Waals surface area contributed by atoms with Gasteiger partial charge in [-0.15, -0.1) is 0 Å². The number of thioether (sulfide) groups is 1. The smallest absolute Gasteiger partial charge is 0.258 e. The third kappa shape index (κ3) is 3.76. The van der Waals surface area contributed by atoms with Gasteiger partial charge in [-0.3, -0.25) is 9.36 Å². The molecule has 0 atom stereocenters. The van der Waals surface area contributed by atoms with E-state index in [2.05, 4.69) is 55.5 Å². The third-order valence-electron chi connectivity index (χ3n) is 7.02. The Hall–Kier alpha value is -2.33. The van der Waals surface area contributed by atoms with Crippen molar-refractivity contribution >= 4 is 11.8 Å². The first-order valence-electron chi connectivity index (χ1n) is 11.6. The molecule has 4 heteroatoms. The summed E-state index contributed by atoms with van der Waals surface area (Å²) in [5, 5.41) is 0.866. The van der Waals surface area contributed by atoms with Crippen LogP contribution in [0.1, 0.15) is 55.7 Å². The monoisotopic (exact) mass is 430 g/mol. The number of fused-ring (bicyclic) bond motifs is 4. The van der Waals surface area contributed by atoms with E-state index in [1.54, 1.807) is 11.8 Å². The molecule has 1 fully saturated rings. The molecule has 2 aliphatic rings. The van der Waals surface area contributed by atoms with Crippen LogP contribution in [0.25, 0.3) is 11.3 Å². The Morgan fingerprint density at radius 1 is 1.00 bits per heavy atom. The van der Waals surface area contributed by atoms with E-state index in [9.17, 15) is 4.79 Å². The summed E-state index contributed by atoms with van der Waals surface area (Å²) in [6.45, 7) is 2.82. The molecule has 2 aromatic carbocycles. The van der Waals surface area contributed by atoms with E-state index < -0.39 is 0 Å². The van der Waals surface area contributed by atoms with Crippen LogP contribution in [0.4, 0.5) is 0 Å². The standard InChI is InChI=1S/C27H30N2OS/c1-2-31-26-28-24-22-14-8-7-13-21(22)19-27(16-9-4-10-17-27)23(24)25(30)29(26)18-15-20-11-5-3-6-12-20/h3,5-8,11-14H,2,4,9-10,15-19H2,1H3. The summed E-state index contributed by atoms with van der Waals surface area (Å²) in [4.78, 5) is 19.3. The highest BCUT2D eigenvalue weighted by Gasteiger charge is 2.43. The Balaban J connectivity index is 1.67. The Morgan fingerprint density at radius 2 is 1.74 bits per heavy atom. The van der Waals surface area contributed by atoms with Crippen LogP contribution in [0.3, 0.4) is 0 Å². The van der Waals surface area contributed by atoms with E-state index in [0.717, 1.165) is 47.8 Å². The largest absolute Gasteiger partial charge is 0.287 e. The predicted molar refractivity (Wildman–Crippen MR) is 129 cm³/mol. The highest BCUT2D eigenvalue weighted by Crippen LogP contribution is 2.48. The van der Waals surface area contributed by atoms with Crippen molar-refractivity contribution in [2.24, 2.45) is 0 Å². The van der Waals surface area contributed by atoms with Gasteiger partial charge in [0, 0.05) is 17.5 Å². The van der Waals surface area contributed by atoms with E-state index >= 15 is 0 Å². The average Bonchev–Trinajstić information content (AvgIpc) is 2.80. The molecule has 0 aliphatic heterocycles. The van der Waals surface area contributed by atoms with Crippen LogP contribution in [-0.2, 0) is 24.8 Å². The van der Waals surface area contributed by atoms with Gasteiger partial charge in [0.15, 0.2) is 5.16 Å². The Morgan fingerprint density at radius 3 is 2.52 bits per heavy atom. The number of aromatic nitrogens is 2. The van der Waals surface area contributed by atoms with Crippen LogP contribution in [-0.4, -0.2) is 15.3 Å². The summed E-state index contributed by atoms with van der Waals surface area (Å²) >= 11 is 1.69. The topological polar surface area (TPSA) is 34.9 Å². The molecule has 1 spiro atoms. The normalized spacial score (nSPS) is 16.7. The molecule has 0 amide bonds. The molecule has 1 saturated carbocycles. The first-order chi connectivity index (χ1) is 15.2. The predicted octanol–water partition coefficient (Wildman–Crippen LogP) is 6.02. The molecular weight excluding hydrogens is 400 g/mol. The zero-order chi connectivity index (χ0) is 21.3. The Bertz CT molecular complexity index is 1130. The summed E-state index contributed by atoms with van der Waals surface area (Å²) in [5.74, 6) is 0.906. The summed E-state index contributed by atoms with van der Waals surface area (Å²) in [6, 6.07) is 19.1. The van der Waals surface area contributed by atoms with E-state index in [4.69, 9.17) is 4.98 Å². The Kier molecular flexibility index (Phi) is 5.75. The van der Waals surface area contributed by atoms with Crippen molar-refractivity contribution in [2.75, 3.05) is 5.75 Å². The van der Waals surface area contributed by atoms with Gasteiger partial charge in [0.25, 0.3) is 5.56 Å². The minimum atomic E-state index is -0.0457. The first-order valence-corrected chi connectivity index (χ1v) is 12.6. The lowest BCUT2D eigenvalue weighted by Gasteiger charge is -2.42. The minimum absolute atomic E-state index is 0.0457. The molecule has 160 valence electrons. The molecule has 1 aromatic heterocycles. The molecule has 3 nitrogen and oxygen atoms in total. The van der Waals surface area contributed by atoms with Gasteiger partial charge in [-0.05, 0) is 42.6 Å². The fraction of sp³-hybridized carbons (Fsp3) is 0.407. The second-order valence-corrected chi connectivity index (χ2v) is 10.1. The molecule has 0 bridgehead atoms. The van der Waals surface area contributed by atoms with Gasteiger partial charge in [-0.2, -0.15) is 0 Å². The van der Waals surface area contributed by atoms with Gasteiger partial charge < -0.3 is 0 Å². The number of aryl methyl sites for hydroxylation is 1. The molecule has 1 heterocycles. The number of nitrogens with zero attached hydrogens (tertiary/aromatic N) is 2. The van der Waals surface area contributed by atoms with Crippen LogP contribution in [0.5, 0.6) is 0 Å². The highest BCUT2D eigenvalue weighted by atomic mass is 32.2. The third-order valence-corrected chi connectivity index (χ3v) is 7.88. The molecule has 0 radical (unpaired) electrons. The maximum absolute atomic E-state index is 14.1. The molecular formula is C27H30N2OS. The van der Waals surface area contributed by atoms with Crippen LogP contribution in [0.2, 0.25) is 0 Å². The van der Waals surface area contributed by atoms with E-state index in [1.807, 2.05) is 10.6 Å². The lowest BCUT2D eigenvalue weighted by atomic mass is 9.62. The maximum Gasteiger partial charge on any atom is 0.258 e. The summed E-state index contributed by atoms with van der Waals surface area (Å²) < 4.78 is 1.98. The lowest BCUT2D eigenvalue weighted by molar-refractivity contribution is 0.282. The van der Waals surface area contributed by atoms with Gasteiger partial charge in [0.05, 0.1) is 11.3 Å². The van der Waals surface area contributed by atoms with Crippen LogP contribution in [0, 0.1) is 0 Å². The number of benzene rings is 2. The molecule has 2 aliphatic carbocycles. The van der Waals surface area contributed by atoms with E-state index in [0.29, 0.717) is 6.54 Å². The molecule has 31 heavy (non-hydrogen) atoms. The zero-order valence-electron chi connectivity index (χ0n) is 18.3. The van der Waals surface area contributed by atoms with Crippen molar-refractivity contribution in [1.82, 2.24) is 9.55 Å². The summed E-state index contributed by atoms with van der Waals surface area (Å²) in [7, 11) is 0. The molecule has 0 saturated heterocycles. The molecule has 5 rings (SSSR count). The number of hydrogen-bond acceptors (Lipinski definition) is 3. The maximum atomic E-state index is 14.1. The lowest BCUT2D eigenvalue weighted by Crippen LogP contribution is -2.43.